The molecule has 4 heterocycles. The summed E-state index contributed by atoms with van der Waals surface area (Å²) in [5, 5.41) is 1.12. The third-order valence-corrected chi connectivity index (χ3v) is 5.95. The lowest BCUT2D eigenvalue weighted by molar-refractivity contribution is 0.639. The van der Waals surface area contributed by atoms with Gasteiger partial charge in [0, 0.05) is 69.8 Å². The molecule has 2 aliphatic rings. The van der Waals surface area contributed by atoms with E-state index in [9.17, 15) is 4.79 Å². The number of nitrogens with zero attached hydrogens (tertiary/aromatic N) is 7. The van der Waals surface area contributed by atoms with Crippen molar-refractivity contribution >= 4 is 28.2 Å². The Labute approximate surface area is 169 Å². The Kier molecular flexibility index (Phi) is 4.54. The number of benzene rings is 1. The minimum Gasteiger partial charge on any atom is -0.368 e. The monoisotopic (exact) mass is 391 g/mol. The minimum atomic E-state index is -0.0425. The molecular weight excluding hydrogens is 366 g/mol. The number of rotatable bonds is 3. The van der Waals surface area contributed by atoms with Crippen LogP contribution in [0.3, 0.4) is 0 Å². The quantitative estimate of drug-likeness (QED) is 0.672. The smallest absolute Gasteiger partial charge is 0.293 e. The van der Waals surface area contributed by atoms with Crippen LogP contribution in [0.2, 0.25) is 0 Å². The molecule has 3 aromatic rings. The van der Waals surface area contributed by atoms with Gasteiger partial charge < -0.3 is 19.3 Å². The molecule has 0 unspecified atom stereocenters. The predicted octanol–water partition coefficient (Wildman–Crippen LogP) is 1.65. The summed E-state index contributed by atoms with van der Waals surface area (Å²) in [4.78, 5) is 32.5. The van der Waals surface area contributed by atoms with Crippen molar-refractivity contribution in [1.29, 1.82) is 0 Å². The van der Waals surface area contributed by atoms with Crippen LogP contribution in [0.4, 0.5) is 17.3 Å². The molecule has 0 saturated carbocycles. The maximum Gasteiger partial charge on any atom is 0.293 e. The SMILES string of the molecule is Cn1ccnc(N2CCN(c3ccc4ncnc(N5CCCC5)c4c3)CC2)c1=O. The van der Waals surface area contributed by atoms with Gasteiger partial charge in [0.1, 0.15) is 12.1 Å². The van der Waals surface area contributed by atoms with Crippen LogP contribution in [0.25, 0.3) is 10.9 Å². The van der Waals surface area contributed by atoms with Gasteiger partial charge in [0.25, 0.3) is 5.56 Å². The van der Waals surface area contributed by atoms with Crippen LogP contribution in [0, 0.1) is 0 Å². The molecule has 1 aromatic carbocycles. The summed E-state index contributed by atoms with van der Waals surface area (Å²) in [7, 11) is 1.76. The topological polar surface area (TPSA) is 70.4 Å². The van der Waals surface area contributed by atoms with Crippen molar-refractivity contribution in [3.05, 3.63) is 47.3 Å². The van der Waals surface area contributed by atoms with E-state index in [1.165, 1.54) is 18.5 Å². The summed E-state index contributed by atoms with van der Waals surface area (Å²) in [6.45, 7) is 5.36. The summed E-state index contributed by atoms with van der Waals surface area (Å²) in [5.74, 6) is 1.59. The largest absolute Gasteiger partial charge is 0.368 e. The number of aromatic nitrogens is 4. The van der Waals surface area contributed by atoms with E-state index in [1.54, 1.807) is 30.3 Å². The summed E-state index contributed by atoms with van der Waals surface area (Å²) >= 11 is 0. The molecule has 2 saturated heterocycles. The Morgan fingerprint density at radius 2 is 1.55 bits per heavy atom. The van der Waals surface area contributed by atoms with Crippen LogP contribution >= 0.6 is 0 Å². The number of aryl methyl sites for hydroxylation is 1. The Morgan fingerprint density at radius 3 is 2.34 bits per heavy atom. The molecule has 2 fully saturated rings. The first kappa shape index (κ1) is 17.9. The van der Waals surface area contributed by atoms with Crippen molar-refractivity contribution in [2.45, 2.75) is 12.8 Å². The molecule has 8 heteroatoms. The van der Waals surface area contributed by atoms with Crippen LogP contribution in [-0.4, -0.2) is 58.8 Å². The van der Waals surface area contributed by atoms with E-state index in [4.69, 9.17) is 0 Å². The molecule has 5 rings (SSSR count). The first-order valence-electron chi connectivity index (χ1n) is 10.2. The molecule has 150 valence electrons. The highest BCUT2D eigenvalue weighted by Crippen LogP contribution is 2.30. The van der Waals surface area contributed by atoms with E-state index in [2.05, 4.69) is 47.9 Å². The van der Waals surface area contributed by atoms with Gasteiger partial charge in [-0.15, -0.1) is 0 Å². The first-order chi connectivity index (χ1) is 14.2. The van der Waals surface area contributed by atoms with Gasteiger partial charge >= 0.3 is 0 Å². The molecule has 0 aliphatic carbocycles. The first-order valence-corrected chi connectivity index (χ1v) is 10.2. The van der Waals surface area contributed by atoms with Crippen LogP contribution < -0.4 is 20.3 Å². The van der Waals surface area contributed by atoms with Crippen molar-refractivity contribution in [2.24, 2.45) is 7.05 Å². The van der Waals surface area contributed by atoms with Crippen molar-refractivity contribution in [3.63, 3.8) is 0 Å². The highest BCUT2D eigenvalue weighted by molar-refractivity contribution is 5.92. The Hall–Kier alpha value is -3.16. The lowest BCUT2D eigenvalue weighted by Gasteiger charge is -2.36. The van der Waals surface area contributed by atoms with E-state index in [1.807, 2.05) is 0 Å². The lowest BCUT2D eigenvalue weighted by atomic mass is 10.1. The molecule has 0 spiro atoms. The molecule has 0 atom stereocenters. The molecule has 2 aromatic heterocycles. The van der Waals surface area contributed by atoms with E-state index in [0.717, 1.165) is 56.0 Å². The summed E-state index contributed by atoms with van der Waals surface area (Å²) < 4.78 is 1.58. The van der Waals surface area contributed by atoms with Gasteiger partial charge in [-0.25, -0.2) is 15.0 Å². The molecule has 8 nitrogen and oxygen atoms in total. The standard InChI is InChI=1S/C21H25N7O/c1-25-9-6-22-20(21(25)29)28-12-10-26(11-13-28)16-4-5-18-17(14-16)19(24-15-23-18)27-7-2-3-8-27/h4-6,9,14-15H,2-3,7-8,10-13H2,1H3. The normalized spacial score (nSPS) is 17.3. The zero-order valence-corrected chi connectivity index (χ0v) is 16.7. The van der Waals surface area contributed by atoms with Crippen molar-refractivity contribution in [1.82, 2.24) is 19.5 Å². The van der Waals surface area contributed by atoms with E-state index >= 15 is 0 Å². The Morgan fingerprint density at radius 1 is 0.828 bits per heavy atom. The van der Waals surface area contributed by atoms with Crippen molar-refractivity contribution in [3.8, 4) is 0 Å². The summed E-state index contributed by atoms with van der Waals surface area (Å²) in [6, 6.07) is 6.45. The fourth-order valence-electron chi connectivity index (χ4n) is 4.29. The highest BCUT2D eigenvalue weighted by atomic mass is 16.1. The minimum absolute atomic E-state index is 0.0425. The predicted molar refractivity (Wildman–Crippen MR) is 115 cm³/mol. The second-order valence-electron chi connectivity index (χ2n) is 7.73. The van der Waals surface area contributed by atoms with Gasteiger partial charge in [0.15, 0.2) is 5.82 Å². The van der Waals surface area contributed by atoms with Crippen LogP contribution in [-0.2, 0) is 7.05 Å². The third-order valence-electron chi connectivity index (χ3n) is 5.95. The van der Waals surface area contributed by atoms with Gasteiger partial charge in [-0.05, 0) is 31.0 Å². The highest BCUT2D eigenvalue weighted by Gasteiger charge is 2.22. The molecule has 0 bridgehead atoms. The van der Waals surface area contributed by atoms with Gasteiger partial charge in [-0.2, -0.15) is 0 Å². The number of hydrogen-bond donors (Lipinski definition) is 0. The third kappa shape index (κ3) is 3.28. The van der Waals surface area contributed by atoms with Gasteiger partial charge in [-0.3, -0.25) is 4.79 Å². The fraction of sp³-hybridized carbons (Fsp3) is 0.429. The maximum absolute atomic E-state index is 12.4. The van der Waals surface area contributed by atoms with Crippen LogP contribution in [0.1, 0.15) is 12.8 Å². The molecular formula is C21H25N7O. The average molecular weight is 391 g/mol. The van der Waals surface area contributed by atoms with Crippen molar-refractivity contribution < 1.29 is 0 Å². The Bertz CT molecular complexity index is 1080. The number of anilines is 3. The summed E-state index contributed by atoms with van der Waals surface area (Å²) in [6.07, 6.45) is 7.49. The van der Waals surface area contributed by atoms with E-state index < -0.39 is 0 Å². The zero-order valence-electron chi connectivity index (χ0n) is 16.7. The number of piperazine rings is 1. The van der Waals surface area contributed by atoms with Gasteiger partial charge in [0.2, 0.25) is 0 Å². The van der Waals surface area contributed by atoms with Crippen LogP contribution in [0.5, 0.6) is 0 Å². The fourth-order valence-corrected chi connectivity index (χ4v) is 4.29. The Balaban J connectivity index is 1.38. The molecule has 2 aliphatic heterocycles. The van der Waals surface area contributed by atoms with Crippen molar-refractivity contribution in [2.75, 3.05) is 54.0 Å². The molecule has 0 radical (unpaired) electrons. The molecule has 0 N–H and O–H groups in total. The summed E-state index contributed by atoms with van der Waals surface area (Å²) in [5.41, 5.74) is 2.13. The molecule has 0 amide bonds. The number of hydrogen-bond acceptors (Lipinski definition) is 7. The van der Waals surface area contributed by atoms with Crippen LogP contribution in [0.15, 0.2) is 41.7 Å². The maximum atomic E-state index is 12.4. The zero-order chi connectivity index (χ0) is 19.8. The lowest BCUT2D eigenvalue weighted by Crippen LogP contribution is -2.48. The second-order valence-corrected chi connectivity index (χ2v) is 7.73. The van der Waals surface area contributed by atoms with E-state index in [0.29, 0.717) is 5.82 Å². The van der Waals surface area contributed by atoms with Gasteiger partial charge in [0.05, 0.1) is 5.52 Å². The second kappa shape index (κ2) is 7.35. The molecule has 29 heavy (non-hydrogen) atoms. The van der Waals surface area contributed by atoms with E-state index in [-0.39, 0.29) is 5.56 Å². The number of fused-ring (bicyclic) bond motifs is 1. The average Bonchev–Trinajstić information content (AvgIpc) is 3.30. The van der Waals surface area contributed by atoms with Gasteiger partial charge in [-0.1, -0.05) is 0 Å².